The van der Waals surface area contributed by atoms with Crippen LogP contribution in [0.1, 0.15) is 17.5 Å². The summed E-state index contributed by atoms with van der Waals surface area (Å²) in [6, 6.07) is 20.9. The number of rotatable bonds is 9. The van der Waals surface area contributed by atoms with E-state index in [1.54, 1.807) is 23.6 Å². The fourth-order valence-corrected chi connectivity index (χ4v) is 4.07. The van der Waals surface area contributed by atoms with Gasteiger partial charge in [0.05, 0.1) is 6.04 Å². The molecule has 4 rings (SSSR count). The van der Waals surface area contributed by atoms with Gasteiger partial charge < -0.3 is 9.64 Å². The van der Waals surface area contributed by atoms with Crippen LogP contribution < -0.4 is 9.64 Å². The number of anilines is 1. The zero-order chi connectivity index (χ0) is 21.6. The fourth-order valence-electron chi connectivity index (χ4n) is 3.36. The highest BCUT2D eigenvalue weighted by Crippen LogP contribution is 2.26. The van der Waals surface area contributed by atoms with Crippen molar-refractivity contribution in [2.24, 2.45) is 0 Å². The summed E-state index contributed by atoms with van der Waals surface area (Å²) in [7, 11) is 0. The Kier molecular flexibility index (Phi) is 6.29. The van der Waals surface area contributed by atoms with Crippen LogP contribution in [0, 0.1) is 0 Å². The number of thiophene rings is 1. The molecule has 4 aromatic rings. The van der Waals surface area contributed by atoms with Crippen LogP contribution in [-0.2, 0) is 0 Å². The Morgan fingerprint density at radius 1 is 1.13 bits per heavy atom. The fraction of sp³-hybridized carbons (Fsp3) is 0.120. The highest BCUT2D eigenvalue weighted by atomic mass is 32.1. The predicted molar refractivity (Wildman–Crippen MR) is 126 cm³/mol. The van der Waals surface area contributed by atoms with Gasteiger partial charge in [0.25, 0.3) is 0 Å². The third-order valence-electron chi connectivity index (χ3n) is 4.92. The molecule has 0 saturated carbocycles. The Morgan fingerprint density at radius 3 is 2.55 bits per heavy atom. The number of nitrogens with zero attached hydrogens (tertiary/aromatic N) is 3. The van der Waals surface area contributed by atoms with E-state index in [-0.39, 0.29) is 5.78 Å². The van der Waals surface area contributed by atoms with Gasteiger partial charge in [-0.2, -0.15) is 0 Å². The van der Waals surface area contributed by atoms with E-state index in [9.17, 15) is 4.79 Å². The Bertz CT molecular complexity index is 1140. The largest absolute Gasteiger partial charge is 0.457 e. The van der Waals surface area contributed by atoms with Crippen LogP contribution >= 0.6 is 11.3 Å². The molecule has 156 valence electrons. The van der Waals surface area contributed by atoms with Crippen molar-refractivity contribution in [1.82, 2.24) is 9.55 Å². The van der Waals surface area contributed by atoms with Crippen molar-refractivity contribution in [3.63, 3.8) is 0 Å². The highest BCUT2D eigenvalue weighted by molar-refractivity contribution is 7.12. The molecule has 5 nitrogen and oxygen atoms in total. The van der Waals surface area contributed by atoms with Crippen molar-refractivity contribution in [1.29, 1.82) is 0 Å². The maximum absolute atomic E-state index is 13.3. The van der Waals surface area contributed by atoms with Crippen molar-refractivity contribution in [3.05, 3.63) is 103 Å². The van der Waals surface area contributed by atoms with Crippen LogP contribution in [0.15, 0.2) is 97.2 Å². The van der Waals surface area contributed by atoms with Crippen molar-refractivity contribution < 1.29 is 9.53 Å². The van der Waals surface area contributed by atoms with Crippen molar-refractivity contribution in [2.75, 3.05) is 11.4 Å². The summed E-state index contributed by atoms with van der Waals surface area (Å²) in [5.41, 5.74) is 0.912. The molecule has 0 aliphatic rings. The number of ketones is 1. The average molecular weight is 430 g/mol. The quantitative estimate of drug-likeness (QED) is 0.242. The molecule has 0 bridgehead atoms. The van der Waals surface area contributed by atoms with E-state index in [4.69, 9.17) is 4.74 Å². The van der Waals surface area contributed by atoms with Crippen LogP contribution in [0.5, 0.6) is 11.5 Å². The number of benzene rings is 2. The summed E-state index contributed by atoms with van der Waals surface area (Å²) < 4.78 is 7.72. The zero-order valence-electron chi connectivity index (χ0n) is 17.2. The van der Waals surface area contributed by atoms with Crippen LogP contribution in [0.2, 0.25) is 0 Å². The lowest BCUT2D eigenvalue weighted by Crippen LogP contribution is -2.40. The van der Waals surface area contributed by atoms with Crippen molar-refractivity contribution in [2.45, 2.75) is 13.0 Å². The summed E-state index contributed by atoms with van der Waals surface area (Å²) >= 11 is 1.57. The van der Waals surface area contributed by atoms with Gasteiger partial charge >= 0.3 is 0 Å². The molecule has 0 spiro atoms. The Balaban J connectivity index is 1.55. The Hall–Kier alpha value is -3.64. The first kappa shape index (κ1) is 20.6. The SMILES string of the molecule is C=CCN(c1ccc(Oc2ccccc2)cc1)[C@@H](C)C(=O)c1nccn1-c1cccs1. The molecule has 2 heterocycles. The van der Waals surface area contributed by atoms with Crippen LogP contribution in [0.4, 0.5) is 5.69 Å². The molecule has 31 heavy (non-hydrogen) atoms. The maximum atomic E-state index is 13.3. The van der Waals surface area contributed by atoms with Gasteiger partial charge in [-0.1, -0.05) is 24.3 Å². The van der Waals surface area contributed by atoms with Gasteiger partial charge in [-0.15, -0.1) is 17.9 Å². The molecule has 2 aromatic carbocycles. The summed E-state index contributed by atoms with van der Waals surface area (Å²) in [5.74, 6) is 1.89. The van der Waals surface area contributed by atoms with Gasteiger partial charge in [0.2, 0.25) is 5.78 Å². The molecule has 0 radical (unpaired) electrons. The first-order valence-electron chi connectivity index (χ1n) is 9.99. The number of hydrogen-bond acceptors (Lipinski definition) is 5. The number of carbonyl (C=O) groups excluding carboxylic acids is 1. The summed E-state index contributed by atoms with van der Waals surface area (Å²) in [6.45, 7) is 6.29. The van der Waals surface area contributed by atoms with Gasteiger partial charge in [0.15, 0.2) is 5.82 Å². The van der Waals surface area contributed by atoms with E-state index >= 15 is 0 Å². The van der Waals surface area contributed by atoms with E-state index in [0.717, 1.165) is 22.2 Å². The number of ether oxygens (including phenoxy) is 1. The molecule has 0 amide bonds. The van der Waals surface area contributed by atoms with Crippen LogP contribution in [-0.4, -0.2) is 27.9 Å². The minimum atomic E-state index is -0.417. The normalized spacial score (nSPS) is 11.6. The second-order valence-electron chi connectivity index (χ2n) is 6.96. The topological polar surface area (TPSA) is 47.4 Å². The zero-order valence-corrected chi connectivity index (χ0v) is 18.0. The maximum Gasteiger partial charge on any atom is 0.220 e. The summed E-state index contributed by atoms with van der Waals surface area (Å²) in [5, 5.41) is 2.95. The predicted octanol–water partition coefficient (Wildman–Crippen LogP) is 5.99. The first-order valence-corrected chi connectivity index (χ1v) is 10.9. The molecule has 6 heteroatoms. The van der Waals surface area contributed by atoms with E-state index in [0.29, 0.717) is 12.4 Å². The number of para-hydroxylation sites is 1. The molecule has 0 aliphatic carbocycles. The lowest BCUT2D eigenvalue weighted by molar-refractivity contribution is 0.0953. The molecule has 0 fully saturated rings. The Morgan fingerprint density at radius 2 is 1.87 bits per heavy atom. The number of imidazole rings is 1. The van der Waals surface area contributed by atoms with E-state index in [1.165, 1.54) is 0 Å². The molecule has 0 aliphatic heterocycles. The second-order valence-corrected chi connectivity index (χ2v) is 7.89. The molecule has 2 aromatic heterocycles. The molecule has 1 atom stereocenters. The molecular formula is C25H23N3O2S. The highest BCUT2D eigenvalue weighted by Gasteiger charge is 2.26. The van der Waals surface area contributed by atoms with Crippen LogP contribution in [0.3, 0.4) is 0 Å². The van der Waals surface area contributed by atoms with E-state index in [1.807, 2.05) is 94.7 Å². The number of Topliss-reactive ketones (excluding diaryl/α,β-unsaturated/α-hetero) is 1. The van der Waals surface area contributed by atoms with E-state index in [2.05, 4.69) is 11.6 Å². The minimum absolute atomic E-state index is 0.0511. The third kappa shape index (κ3) is 4.59. The lowest BCUT2D eigenvalue weighted by atomic mass is 10.1. The summed E-state index contributed by atoms with van der Waals surface area (Å²) in [6.07, 6.45) is 5.27. The lowest BCUT2D eigenvalue weighted by Gasteiger charge is -2.29. The van der Waals surface area contributed by atoms with Gasteiger partial charge in [0, 0.05) is 24.6 Å². The second kappa shape index (κ2) is 9.45. The molecular weight excluding hydrogens is 406 g/mol. The molecule has 0 N–H and O–H groups in total. The van der Waals surface area contributed by atoms with Gasteiger partial charge in [-0.05, 0) is 60.8 Å². The summed E-state index contributed by atoms with van der Waals surface area (Å²) in [4.78, 5) is 19.7. The Labute approximate surface area is 185 Å². The number of carbonyl (C=O) groups is 1. The van der Waals surface area contributed by atoms with Gasteiger partial charge in [0.1, 0.15) is 16.5 Å². The van der Waals surface area contributed by atoms with Gasteiger partial charge in [-0.25, -0.2) is 4.98 Å². The monoisotopic (exact) mass is 429 g/mol. The molecule has 0 unspecified atom stereocenters. The average Bonchev–Trinajstić information content (AvgIpc) is 3.50. The molecule has 0 saturated heterocycles. The van der Waals surface area contributed by atoms with Crippen molar-refractivity contribution in [3.8, 4) is 16.5 Å². The third-order valence-corrected chi connectivity index (χ3v) is 5.79. The van der Waals surface area contributed by atoms with Crippen molar-refractivity contribution >= 4 is 22.8 Å². The number of aromatic nitrogens is 2. The van der Waals surface area contributed by atoms with E-state index < -0.39 is 6.04 Å². The minimum Gasteiger partial charge on any atom is -0.457 e. The van der Waals surface area contributed by atoms with Crippen LogP contribution in [0.25, 0.3) is 5.00 Å². The standard InChI is InChI=1S/C25H23N3O2S/c1-3-16-27(20-11-13-22(14-12-20)30-21-8-5-4-6-9-21)19(2)24(29)25-26-15-17-28(25)23-10-7-18-31-23/h3-15,17-19H,1,16H2,2H3/t19-/m0/s1. The first-order chi connectivity index (χ1) is 15.2. The smallest absolute Gasteiger partial charge is 0.220 e. The number of hydrogen-bond donors (Lipinski definition) is 0. The van der Waals surface area contributed by atoms with Gasteiger partial charge in [-0.3, -0.25) is 9.36 Å².